The number of carbonyl (C=O) groups is 1. The molecule has 0 aromatic heterocycles. The van der Waals surface area contributed by atoms with Gasteiger partial charge in [0.15, 0.2) is 12.1 Å². The van der Waals surface area contributed by atoms with Crippen LogP contribution in [0.2, 0.25) is 0 Å². The van der Waals surface area contributed by atoms with Gasteiger partial charge in [0.1, 0.15) is 0 Å². The van der Waals surface area contributed by atoms with Gasteiger partial charge in [0.2, 0.25) is 5.91 Å². The molecule has 4 nitrogen and oxygen atoms in total. The van der Waals surface area contributed by atoms with E-state index in [1.54, 1.807) is 6.92 Å². The summed E-state index contributed by atoms with van der Waals surface area (Å²) in [6, 6.07) is 2.47. The molecule has 0 aromatic rings. The van der Waals surface area contributed by atoms with Crippen molar-refractivity contribution in [2.75, 3.05) is 0 Å². The van der Waals surface area contributed by atoms with Crippen molar-refractivity contribution >= 4 is 5.91 Å². The van der Waals surface area contributed by atoms with E-state index in [2.05, 4.69) is 6.58 Å². The van der Waals surface area contributed by atoms with E-state index >= 15 is 0 Å². The Morgan fingerprint density at radius 1 is 1.50 bits per heavy atom. The topological polar surface area (TPSA) is 90.7 Å². The maximum Gasteiger partial charge on any atom is 0.243 e. The average molecular weight is 137 g/mol. The smallest absolute Gasteiger partial charge is 0.243 e. The van der Waals surface area contributed by atoms with Crippen LogP contribution < -0.4 is 5.73 Å². The van der Waals surface area contributed by atoms with Crippen LogP contribution in [0.3, 0.4) is 0 Å². The zero-order valence-corrected chi connectivity index (χ0v) is 5.59. The fourth-order valence-electron chi connectivity index (χ4n) is 0. The van der Waals surface area contributed by atoms with Crippen molar-refractivity contribution in [3.8, 4) is 12.1 Å². The molecule has 0 saturated carbocycles. The summed E-state index contributed by atoms with van der Waals surface area (Å²) in [5.41, 5.74) is 5.09. The largest absolute Gasteiger partial charge is 0.366 e. The van der Waals surface area contributed by atoms with Gasteiger partial charge in [0, 0.05) is 5.57 Å². The lowest BCUT2D eigenvalue weighted by atomic mass is 10.3. The summed E-state index contributed by atoms with van der Waals surface area (Å²) in [5.74, 6) is -0.435. The first-order valence-corrected chi connectivity index (χ1v) is 2.29. The van der Waals surface area contributed by atoms with Crippen LogP contribution in [0, 0.1) is 22.7 Å². The number of hydrogen-bond donors (Lipinski definition) is 1. The van der Waals surface area contributed by atoms with Gasteiger partial charge >= 0.3 is 0 Å². The van der Waals surface area contributed by atoms with E-state index < -0.39 is 5.91 Å². The second kappa shape index (κ2) is 7.19. The van der Waals surface area contributed by atoms with E-state index in [-0.39, 0.29) is 0 Å². The SMILES string of the molecule is C=C(C)C(N)=O.N#CC#N. The number of rotatable bonds is 1. The zero-order chi connectivity index (χ0) is 8.57. The second-order valence-electron chi connectivity index (χ2n) is 1.37. The van der Waals surface area contributed by atoms with Crippen molar-refractivity contribution in [3.63, 3.8) is 0 Å². The van der Waals surface area contributed by atoms with Crippen LogP contribution in [-0.4, -0.2) is 5.91 Å². The fraction of sp³-hybridized carbons (Fsp3) is 0.167. The van der Waals surface area contributed by atoms with Crippen LogP contribution in [0.15, 0.2) is 12.2 Å². The molecule has 0 saturated heterocycles. The standard InChI is InChI=1S/C4H7NO.C2N2/c1-3(2)4(5)6;3-1-2-4/h1H2,2H3,(H2,5,6);. The number of hydrogen-bond acceptors (Lipinski definition) is 3. The molecule has 0 heterocycles. The predicted octanol–water partition coefficient (Wildman–Crippen LogP) is 0.0814. The van der Waals surface area contributed by atoms with Gasteiger partial charge in [0.25, 0.3) is 0 Å². The third-order valence-electron chi connectivity index (χ3n) is 0.471. The molecule has 0 fully saturated rings. The molecule has 0 aliphatic rings. The third-order valence-corrected chi connectivity index (χ3v) is 0.471. The van der Waals surface area contributed by atoms with Gasteiger partial charge in [-0.3, -0.25) is 4.79 Å². The molecule has 0 atom stereocenters. The minimum Gasteiger partial charge on any atom is -0.366 e. The molecular formula is C6H7N3O. The molecule has 1 amide bonds. The summed E-state index contributed by atoms with van der Waals surface area (Å²) in [6.07, 6.45) is 0. The van der Waals surface area contributed by atoms with Gasteiger partial charge in [-0.2, -0.15) is 10.5 Å². The van der Waals surface area contributed by atoms with Crippen molar-refractivity contribution < 1.29 is 4.79 Å². The molecule has 2 N–H and O–H groups in total. The number of amides is 1. The van der Waals surface area contributed by atoms with E-state index in [0.29, 0.717) is 5.57 Å². The lowest BCUT2D eigenvalue weighted by molar-refractivity contribution is -0.114. The van der Waals surface area contributed by atoms with Gasteiger partial charge in [-0.15, -0.1) is 0 Å². The van der Waals surface area contributed by atoms with Crippen LogP contribution in [0.25, 0.3) is 0 Å². The number of nitrogens with zero attached hydrogens (tertiary/aromatic N) is 2. The highest BCUT2D eigenvalue weighted by atomic mass is 16.1. The van der Waals surface area contributed by atoms with Gasteiger partial charge in [0.05, 0.1) is 0 Å². The Hall–Kier alpha value is -1.81. The molecule has 0 aliphatic carbocycles. The van der Waals surface area contributed by atoms with E-state index in [1.807, 2.05) is 0 Å². The highest BCUT2D eigenvalue weighted by Gasteiger charge is 1.86. The minimum atomic E-state index is -0.435. The number of primary amides is 1. The average Bonchev–Trinajstić information content (AvgIpc) is 1.89. The Balaban J connectivity index is 0. The first kappa shape index (κ1) is 11.0. The van der Waals surface area contributed by atoms with Gasteiger partial charge in [-0.1, -0.05) is 6.58 Å². The van der Waals surface area contributed by atoms with Crippen LogP contribution in [0.1, 0.15) is 6.92 Å². The highest BCUT2D eigenvalue weighted by molar-refractivity contribution is 5.90. The molecule has 0 aromatic carbocycles. The number of nitriles is 2. The van der Waals surface area contributed by atoms with Crippen LogP contribution in [0.4, 0.5) is 0 Å². The van der Waals surface area contributed by atoms with Crippen molar-refractivity contribution in [2.24, 2.45) is 5.73 Å². The molecular weight excluding hydrogens is 130 g/mol. The summed E-state index contributed by atoms with van der Waals surface area (Å²) < 4.78 is 0. The summed E-state index contributed by atoms with van der Waals surface area (Å²) >= 11 is 0. The molecule has 4 heteroatoms. The van der Waals surface area contributed by atoms with E-state index in [0.717, 1.165) is 0 Å². The van der Waals surface area contributed by atoms with Crippen molar-refractivity contribution in [1.82, 2.24) is 0 Å². The second-order valence-corrected chi connectivity index (χ2v) is 1.37. The molecule has 0 rings (SSSR count). The lowest BCUT2D eigenvalue weighted by Gasteiger charge is -1.81. The molecule has 0 aliphatic heterocycles. The van der Waals surface area contributed by atoms with Gasteiger partial charge in [-0.05, 0) is 6.92 Å². The van der Waals surface area contributed by atoms with Crippen LogP contribution >= 0.6 is 0 Å². The maximum atomic E-state index is 9.82. The zero-order valence-electron chi connectivity index (χ0n) is 5.59. The maximum absolute atomic E-state index is 9.82. The van der Waals surface area contributed by atoms with Crippen molar-refractivity contribution in [3.05, 3.63) is 12.2 Å². The molecule has 0 unspecified atom stereocenters. The Kier molecular flexibility index (Phi) is 7.94. The fourth-order valence-corrected chi connectivity index (χ4v) is 0. The molecule has 0 radical (unpaired) electrons. The first-order valence-electron chi connectivity index (χ1n) is 2.29. The minimum absolute atomic E-state index is 0.398. The normalized spacial score (nSPS) is 5.50. The van der Waals surface area contributed by atoms with E-state index in [9.17, 15) is 4.79 Å². The van der Waals surface area contributed by atoms with Crippen molar-refractivity contribution in [2.45, 2.75) is 6.92 Å². The lowest BCUT2D eigenvalue weighted by Crippen LogP contribution is -2.10. The van der Waals surface area contributed by atoms with Crippen LogP contribution in [0.5, 0.6) is 0 Å². The summed E-state index contributed by atoms with van der Waals surface area (Å²) in [7, 11) is 0. The monoisotopic (exact) mass is 137 g/mol. The molecule has 52 valence electrons. The number of nitrogens with two attached hydrogens (primary N) is 1. The summed E-state index contributed by atoms with van der Waals surface area (Å²) in [4.78, 5) is 9.82. The summed E-state index contributed by atoms with van der Waals surface area (Å²) in [5, 5.41) is 14.5. The van der Waals surface area contributed by atoms with Crippen molar-refractivity contribution in [1.29, 1.82) is 10.5 Å². The Labute approximate surface area is 59.2 Å². The molecule has 10 heavy (non-hydrogen) atoms. The van der Waals surface area contributed by atoms with E-state index in [4.69, 9.17) is 16.3 Å². The molecule has 0 bridgehead atoms. The highest BCUT2D eigenvalue weighted by Crippen LogP contribution is 1.78. The van der Waals surface area contributed by atoms with E-state index in [1.165, 1.54) is 12.1 Å². The first-order chi connectivity index (χ1) is 4.56. The van der Waals surface area contributed by atoms with Crippen LogP contribution in [-0.2, 0) is 4.79 Å². The molecule has 0 spiro atoms. The Morgan fingerprint density at radius 3 is 1.70 bits per heavy atom. The Morgan fingerprint density at radius 2 is 1.70 bits per heavy atom. The Bertz CT molecular complexity index is 182. The van der Waals surface area contributed by atoms with Gasteiger partial charge < -0.3 is 5.73 Å². The summed E-state index contributed by atoms with van der Waals surface area (Å²) in [6.45, 7) is 4.85. The van der Waals surface area contributed by atoms with Gasteiger partial charge in [-0.25, -0.2) is 0 Å². The third kappa shape index (κ3) is 16.4. The quantitative estimate of drug-likeness (QED) is 0.519. The predicted molar refractivity (Wildman–Crippen MR) is 35.2 cm³/mol. The number of carbonyl (C=O) groups excluding carboxylic acids is 1.